The van der Waals surface area contributed by atoms with Crippen LogP contribution in [0.1, 0.15) is 0 Å². The summed E-state index contributed by atoms with van der Waals surface area (Å²) < 4.78 is 22.4. The number of nitrogens with zero attached hydrogens (tertiary/aromatic N) is 4. The van der Waals surface area contributed by atoms with Crippen molar-refractivity contribution < 1.29 is 24.1 Å². The molecule has 9 nitrogen and oxygen atoms in total. The lowest BCUT2D eigenvalue weighted by Gasteiger charge is -2.16. The molecule has 1 heterocycles. The van der Waals surface area contributed by atoms with Crippen molar-refractivity contribution in [3.63, 3.8) is 0 Å². The number of hydrogen-bond donors (Lipinski definition) is 1. The number of benzene rings is 2. The second-order valence-corrected chi connectivity index (χ2v) is 5.16. The lowest BCUT2D eigenvalue weighted by molar-refractivity contribution is 0.310. The van der Waals surface area contributed by atoms with Gasteiger partial charge in [-0.1, -0.05) is 0 Å². The topological polar surface area (TPSA) is 101 Å². The molecule has 26 heavy (non-hydrogen) atoms. The largest absolute Gasteiger partial charge is 0.503 e. The molecule has 0 atom stereocenters. The second-order valence-electron chi connectivity index (χ2n) is 5.16. The predicted molar refractivity (Wildman–Crippen MR) is 92.5 cm³/mol. The van der Waals surface area contributed by atoms with Gasteiger partial charge in [0.15, 0.2) is 17.3 Å². The van der Waals surface area contributed by atoms with Crippen LogP contribution in [0.15, 0.2) is 30.3 Å². The maximum Gasteiger partial charge on any atom is 0.209 e. The van der Waals surface area contributed by atoms with Crippen LogP contribution >= 0.6 is 0 Å². The summed E-state index contributed by atoms with van der Waals surface area (Å²) in [6, 6.07) is 8.79. The average Bonchev–Trinajstić information content (AvgIpc) is 3.17. The van der Waals surface area contributed by atoms with Crippen molar-refractivity contribution in [2.45, 2.75) is 0 Å². The van der Waals surface area contributed by atoms with Crippen LogP contribution in [0.3, 0.4) is 0 Å². The number of rotatable bonds is 6. The van der Waals surface area contributed by atoms with E-state index in [0.717, 1.165) is 5.56 Å². The first-order valence-electron chi connectivity index (χ1n) is 7.59. The van der Waals surface area contributed by atoms with E-state index < -0.39 is 0 Å². The van der Waals surface area contributed by atoms with Gasteiger partial charge >= 0.3 is 0 Å². The molecule has 0 aliphatic carbocycles. The summed E-state index contributed by atoms with van der Waals surface area (Å²) in [5.41, 5.74) is 1.03. The lowest BCUT2D eigenvalue weighted by Crippen LogP contribution is -2.04. The van der Waals surface area contributed by atoms with Crippen molar-refractivity contribution in [3.05, 3.63) is 30.3 Å². The highest BCUT2D eigenvalue weighted by atomic mass is 16.5. The van der Waals surface area contributed by atoms with Gasteiger partial charge in [0.05, 0.1) is 28.4 Å². The van der Waals surface area contributed by atoms with Gasteiger partial charge in [-0.05, 0) is 34.7 Å². The molecule has 136 valence electrons. The van der Waals surface area contributed by atoms with Crippen LogP contribution in [0, 0.1) is 0 Å². The van der Waals surface area contributed by atoms with E-state index in [9.17, 15) is 5.11 Å². The summed E-state index contributed by atoms with van der Waals surface area (Å²) in [7, 11) is 5.96. The first-order valence-corrected chi connectivity index (χ1v) is 7.59. The Morgan fingerprint density at radius 1 is 0.885 bits per heavy atom. The van der Waals surface area contributed by atoms with Crippen LogP contribution < -0.4 is 18.9 Å². The van der Waals surface area contributed by atoms with E-state index in [4.69, 9.17) is 18.9 Å². The first kappa shape index (κ1) is 17.3. The highest BCUT2D eigenvalue weighted by Crippen LogP contribution is 2.47. The number of aromatic nitrogens is 4. The van der Waals surface area contributed by atoms with Crippen molar-refractivity contribution in [3.8, 4) is 45.8 Å². The maximum atomic E-state index is 10.6. The van der Waals surface area contributed by atoms with Gasteiger partial charge in [0.1, 0.15) is 11.4 Å². The minimum atomic E-state index is -0.174. The van der Waals surface area contributed by atoms with E-state index in [2.05, 4.69) is 15.5 Å². The van der Waals surface area contributed by atoms with Gasteiger partial charge in [0.2, 0.25) is 11.5 Å². The molecule has 0 spiro atoms. The monoisotopic (exact) mass is 358 g/mol. The van der Waals surface area contributed by atoms with Crippen molar-refractivity contribution in [1.29, 1.82) is 0 Å². The quantitative estimate of drug-likeness (QED) is 0.715. The summed E-state index contributed by atoms with van der Waals surface area (Å²) in [5.74, 6) is 1.73. The molecule has 1 aromatic heterocycles. The molecule has 0 radical (unpaired) electrons. The fraction of sp³-hybridized carbons (Fsp3) is 0.235. The van der Waals surface area contributed by atoms with Gasteiger partial charge in [-0.25, -0.2) is 0 Å². The molecular weight excluding hydrogens is 340 g/mol. The van der Waals surface area contributed by atoms with Gasteiger partial charge < -0.3 is 24.1 Å². The summed E-state index contributed by atoms with van der Waals surface area (Å²) >= 11 is 0. The third kappa shape index (κ3) is 2.83. The minimum Gasteiger partial charge on any atom is -0.503 e. The lowest BCUT2D eigenvalue weighted by atomic mass is 10.2. The van der Waals surface area contributed by atoms with Gasteiger partial charge in [0, 0.05) is 11.6 Å². The maximum absolute atomic E-state index is 10.6. The number of ether oxygens (including phenoxy) is 4. The van der Waals surface area contributed by atoms with Crippen molar-refractivity contribution >= 4 is 0 Å². The van der Waals surface area contributed by atoms with Crippen LogP contribution in [-0.4, -0.2) is 53.8 Å². The number of methoxy groups -OCH3 is 4. The Balaban J connectivity index is 2.17. The third-order valence-electron chi connectivity index (χ3n) is 3.83. The summed E-state index contributed by atoms with van der Waals surface area (Å²) in [6.45, 7) is 0. The second kappa shape index (κ2) is 7.18. The van der Waals surface area contributed by atoms with E-state index >= 15 is 0 Å². The van der Waals surface area contributed by atoms with Gasteiger partial charge in [-0.15, -0.1) is 5.10 Å². The van der Waals surface area contributed by atoms with E-state index in [1.165, 1.54) is 26.0 Å². The van der Waals surface area contributed by atoms with Gasteiger partial charge in [-0.3, -0.25) is 0 Å². The number of hydrogen-bond acceptors (Lipinski definition) is 8. The molecule has 0 fully saturated rings. The first-order chi connectivity index (χ1) is 12.6. The minimum absolute atomic E-state index is 0.123. The Morgan fingerprint density at radius 2 is 1.58 bits per heavy atom. The summed E-state index contributed by atoms with van der Waals surface area (Å²) in [4.78, 5) is 0. The number of tetrazole rings is 1. The zero-order chi connectivity index (χ0) is 18.7. The van der Waals surface area contributed by atoms with E-state index in [-0.39, 0.29) is 22.9 Å². The number of aromatic hydroxyl groups is 1. The Morgan fingerprint density at radius 3 is 2.15 bits per heavy atom. The normalized spacial score (nSPS) is 10.5. The number of phenols is 1. The standard InChI is InChI=1S/C17H18N4O5/c1-23-11-7-5-10(6-8-11)17-18-19-20-21(17)12-9-13(24-2)15(25-3)16(26-4)14(12)22/h5-9,22H,1-4H3. The Hall–Kier alpha value is -3.49. The van der Waals surface area contributed by atoms with Gasteiger partial charge in [-0.2, -0.15) is 4.68 Å². The smallest absolute Gasteiger partial charge is 0.209 e. The zero-order valence-electron chi connectivity index (χ0n) is 14.8. The van der Waals surface area contributed by atoms with Crippen LogP contribution in [-0.2, 0) is 0 Å². The molecule has 0 aliphatic rings. The molecule has 3 aromatic rings. The molecule has 0 saturated heterocycles. The molecule has 3 rings (SSSR count). The fourth-order valence-electron chi connectivity index (χ4n) is 2.56. The molecule has 1 N–H and O–H groups in total. The zero-order valence-corrected chi connectivity index (χ0v) is 14.8. The molecule has 9 heteroatoms. The van der Waals surface area contributed by atoms with Crippen LogP contribution in [0.5, 0.6) is 28.7 Å². The van der Waals surface area contributed by atoms with E-state index in [1.54, 1.807) is 25.3 Å². The van der Waals surface area contributed by atoms with E-state index in [0.29, 0.717) is 17.3 Å². The highest BCUT2D eigenvalue weighted by Gasteiger charge is 2.24. The highest BCUT2D eigenvalue weighted by molar-refractivity contribution is 5.69. The van der Waals surface area contributed by atoms with Crippen LogP contribution in [0.4, 0.5) is 0 Å². The van der Waals surface area contributed by atoms with Crippen molar-refractivity contribution in [2.24, 2.45) is 0 Å². The molecule has 0 unspecified atom stereocenters. The predicted octanol–water partition coefficient (Wildman–Crippen LogP) is 2.07. The van der Waals surface area contributed by atoms with Crippen molar-refractivity contribution in [1.82, 2.24) is 20.2 Å². The van der Waals surface area contributed by atoms with Gasteiger partial charge in [0.25, 0.3) is 0 Å². The van der Waals surface area contributed by atoms with Crippen LogP contribution in [0.2, 0.25) is 0 Å². The molecule has 0 amide bonds. The van der Waals surface area contributed by atoms with Crippen LogP contribution in [0.25, 0.3) is 17.1 Å². The van der Waals surface area contributed by atoms with E-state index in [1.807, 2.05) is 12.1 Å². The Kier molecular flexibility index (Phi) is 4.78. The molecule has 0 saturated carbocycles. The summed E-state index contributed by atoms with van der Waals surface area (Å²) in [6.07, 6.45) is 0. The SMILES string of the molecule is COc1ccc(-c2nnnn2-c2cc(OC)c(OC)c(OC)c2O)cc1. The summed E-state index contributed by atoms with van der Waals surface area (Å²) in [5, 5.41) is 22.4. The van der Waals surface area contributed by atoms with Crippen molar-refractivity contribution in [2.75, 3.05) is 28.4 Å². The fourth-order valence-corrected chi connectivity index (χ4v) is 2.56. The molecule has 0 bridgehead atoms. The Labute approximate surface area is 149 Å². The molecule has 0 aliphatic heterocycles. The number of phenolic OH excluding ortho intramolecular Hbond substituents is 1. The molecular formula is C17H18N4O5. The average molecular weight is 358 g/mol. The third-order valence-corrected chi connectivity index (χ3v) is 3.83. The molecule has 2 aromatic carbocycles. The Bertz CT molecular complexity index is 908.